The zero-order valence-electron chi connectivity index (χ0n) is 9.02. The Hall–Kier alpha value is -0.580. The monoisotopic (exact) mass is 238 g/mol. The van der Waals surface area contributed by atoms with Gasteiger partial charge in [0.2, 0.25) is 5.79 Å². The predicted octanol–water partition coefficient (Wildman–Crippen LogP) is 2.14. The van der Waals surface area contributed by atoms with Crippen molar-refractivity contribution in [1.82, 2.24) is 0 Å². The first-order valence-corrected chi connectivity index (χ1v) is 6.62. The van der Waals surface area contributed by atoms with Gasteiger partial charge in [-0.05, 0) is 6.92 Å². The van der Waals surface area contributed by atoms with Crippen LogP contribution < -0.4 is 0 Å². The van der Waals surface area contributed by atoms with Crippen molar-refractivity contribution in [2.24, 2.45) is 0 Å². The molecule has 88 valence electrons. The fourth-order valence-corrected chi connectivity index (χ4v) is 1.85. The first kappa shape index (κ1) is 12.5. The lowest BCUT2D eigenvalue weighted by atomic mass is 10.7. The molecule has 15 heavy (non-hydrogen) atoms. The molecule has 0 aromatic heterocycles. The lowest BCUT2D eigenvalue weighted by Crippen LogP contribution is -2.22. The van der Waals surface area contributed by atoms with E-state index in [1.54, 1.807) is 6.92 Å². The number of carbonyl (C=O) groups excluding carboxylic acids is 1. The van der Waals surface area contributed by atoms with Gasteiger partial charge in [0.25, 0.3) is 0 Å². The van der Waals surface area contributed by atoms with Gasteiger partial charge >= 0.3 is 13.8 Å². The van der Waals surface area contributed by atoms with Crippen LogP contribution in [-0.4, -0.2) is 32.3 Å². The Morgan fingerprint density at radius 2 is 2.07 bits per heavy atom. The molecule has 0 radical (unpaired) electrons. The van der Waals surface area contributed by atoms with Gasteiger partial charge in [0.1, 0.15) is 0 Å². The molecular weight excluding hydrogens is 223 g/mol. The fourth-order valence-electron chi connectivity index (χ4n) is 0.953. The van der Waals surface area contributed by atoms with Gasteiger partial charge in [-0.15, -0.1) is 0 Å². The molecule has 0 amide bonds. The molecule has 0 bridgehead atoms. The van der Waals surface area contributed by atoms with Crippen molar-refractivity contribution in [3.05, 3.63) is 0 Å². The molecule has 1 fully saturated rings. The molecule has 0 aliphatic heterocycles. The summed E-state index contributed by atoms with van der Waals surface area (Å²) >= 11 is 0. The first-order valence-electron chi connectivity index (χ1n) is 4.63. The van der Waals surface area contributed by atoms with Crippen LogP contribution in [0.1, 0.15) is 19.8 Å². The van der Waals surface area contributed by atoms with Crippen molar-refractivity contribution >= 4 is 13.8 Å². The quantitative estimate of drug-likeness (QED) is 0.415. The Morgan fingerprint density at radius 3 is 2.47 bits per heavy atom. The second kappa shape index (κ2) is 4.51. The maximum Gasteiger partial charge on any atom is 0.510 e. The minimum Gasteiger partial charge on any atom is -0.435 e. The summed E-state index contributed by atoms with van der Waals surface area (Å²) in [5.74, 6) is -1.10. The van der Waals surface area contributed by atoms with E-state index in [-0.39, 0.29) is 6.61 Å². The van der Waals surface area contributed by atoms with Crippen LogP contribution in [0.15, 0.2) is 0 Å². The summed E-state index contributed by atoms with van der Waals surface area (Å²) in [6, 6.07) is 0. The molecule has 7 heteroatoms. The average molecular weight is 238 g/mol. The van der Waals surface area contributed by atoms with Gasteiger partial charge in [-0.1, -0.05) is 0 Å². The Labute approximate surface area is 88.4 Å². The van der Waals surface area contributed by atoms with Crippen LogP contribution >= 0.6 is 7.60 Å². The standard InChI is InChI=1S/C8H15O6P/c1-4-12-7(9)13-8(5-6-8)14-15(3,10)11-2/h4-6H2,1-3H3. The van der Waals surface area contributed by atoms with Gasteiger partial charge in [0.15, 0.2) is 0 Å². The second-order valence-corrected chi connectivity index (χ2v) is 5.33. The molecule has 1 rings (SSSR count). The summed E-state index contributed by atoms with van der Waals surface area (Å²) in [7, 11) is -1.86. The number of hydrogen-bond acceptors (Lipinski definition) is 6. The van der Waals surface area contributed by atoms with Gasteiger partial charge < -0.3 is 14.0 Å². The Morgan fingerprint density at radius 1 is 1.47 bits per heavy atom. The smallest absolute Gasteiger partial charge is 0.435 e. The number of carbonyl (C=O) groups is 1. The third-order valence-corrected chi connectivity index (χ3v) is 3.18. The van der Waals surface area contributed by atoms with E-state index < -0.39 is 19.5 Å². The number of hydrogen-bond donors (Lipinski definition) is 0. The van der Waals surface area contributed by atoms with Gasteiger partial charge in [0, 0.05) is 26.6 Å². The molecule has 1 aliphatic carbocycles. The van der Waals surface area contributed by atoms with Crippen LogP contribution in [0.3, 0.4) is 0 Å². The lowest BCUT2D eigenvalue weighted by molar-refractivity contribution is -0.0883. The van der Waals surface area contributed by atoms with Crippen molar-refractivity contribution in [2.75, 3.05) is 20.4 Å². The third-order valence-electron chi connectivity index (χ3n) is 1.85. The highest BCUT2D eigenvalue weighted by molar-refractivity contribution is 7.53. The summed E-state index contributed by atoms with van der Waals surface area (Å²) in [5, 5.41) is 0. The van der Waals surface area contributed by atoms with Crippen LogP contribution in [0.4, 0.5) is 4.79 Å². The molecule has 1 unspecified atom stereocenters. The van der Waals surface area contributed by atoms with E-state index in [2.05, 4.69) is 9.26 Å². The molecule has 0 N–H and O–H groups in total. The van der Waals surface area contributed by atoms with Crippen LogP contribution in [0.2, 0.25) is 0 Å². The minimum atomic E-state index is -3.14. The van der Waals surface area contributed by atoms with Gasteiger partial charge in [0.05, 0.1) is 6.61 Å². The van der Waals surface area contributed by atoms with Crippen molar-refractivity contribution < 1.29 is 27.9 Å². The van der Waals surface area contributed by atoms with E-state index in [9.17, 15) is 9.36 Å². The predicted molar refractivity (Wildman–Crippen MR) is 51.7 cm³/mol. The SMILES string of the molecule is CCOC(=O)OC1(OP(C)(=O)OC)CC1. The number of ether oxygens (including phenoxy) is 2. The largest absolute Gasteiger partial charge is 0.510 e. The van der Waals surface area contributed by atoms with Crippen LogP contribution in [-0.2, 0) is 23.1 Å². The Balaban J connectivity index is 2.47. The fraction of sp³-hybridized carbons (Fsp3) is 0.875. The molecule has 0 heterocycles. The summed E-state index contributed by atoms with van der Waals surface area (Å²) in [6.45, 7) is 3.21. The number of rotatable bonds is 5. The van der Waals surface area contributed by atoms with Crippen LogP contribution in [0, 0.1) is 0 Å². The van der Waals surface area contributed by atoms with Crippen molar-refractivity contribution in [3.8, 4) is 0 Å². The molecule has 1 aliphatic rings. The summed E-state index contributed by atoms with van der Waals surface area (Å²) in [6.07, 6.45) is 0.200. The molecule has 1 saturated carbocycles. The maximum atomic E-state index is 11.5. The highest BCUT2D eigenvalue weighted by Gasteiger charge is 2.53. The van der Waals surface area contributed by atoms with Crippen molar-refractivity contribution in [3.63, 3.8) is 0 Å². The van der Waals surface area contributed by atoms with E-state index in [1.807, 2.05) is 0 Å². The van der Waals surface area contributed by atoms with E-state index in [1.165, 1.54) is 13.8 Å². The third kappa shape index (κ3) is 3.81. The highest BCUT2D eigenvalue weighted by atomic mass is 31.2. The van der Waals surface area contributed by atoms with Gasteiger partial charge in [-0.2, -0.15) is 0 Å². The van der Waals surface area contributed by atoms with Gasteiger partial charge in [-0.3, -0.25) is 9.09 Å². The average Bonchev–Trinajstić information content (AvgIpc) is 2.84. The van der Waals surface area contributed by atoms with Crippen LogP contribution in [0.5, 0.6) is 0 Å². The zero-order chi connectivity index (χ0) is 11.5. The molecular formula is C8H15O6P. The molecule has 0 saturated heterocycles. The van der Waals surface area contributed by atoms with E-state index in [4.69, 9.17) is 9.26 Å². The maximum absolute atomic E-state index is 11.5. The second-order valence-electron chi connectivity index (χ2n) is 3.24. The molecule has 0 spiro atoms. The van der Waals surface area contributed by atoms with Crippen molar-refractivity contribution in [1.29, 1.82) is 0 Å². The Bertz CT molecular complexity index is 285. The lowest BCUT2D eigenvalue weighted by Gasteiger charge is -2.20. The van der Waals surface area contributed by atoms with E-state index >= 15 is 0 Å². The molecule has 6 nitrogen and oxygen atoms in total. The van der Waals surface area contributed by atoms with E-state index in [0.717, 1.165) is 0 Å². The normalized spacial score (nSPS) is 21.5. The highest BCUT2D eigenvalue weighted by Crippen LogP contribution is 2.55. The van der Waals surface area contributed by atoms with E-state index in [0.29, 0.717) is 12.8 Å². The molecule has 0 aromatic carbocycles. The first-order chi connectivity index (χ1) is 6.93. The zero-order valence-corrected chi connectivity index (χ0v) is 9.91. The summed E-state index contributed by atoms with van der Waals surface area (Å²) in [5.41, 5.74) is 0. The molecule has 0 aromatic rings. The Kier molecular flexibility index (Phi) is 3.76. The van der Waals surface area contributed by atoms with Gasteiger partial charge in [-0.25, -0.2) is 4.79 Å². The van der Waals surface area contributed by atoms with Crippen molar-refractivity contribution in [2.45, 2.75) is 25.6 Å². The minimum absolute atomic E-state index is 0.225. The summed E-state index contributed by atoms with van der Waals surface area (Å²) < 4.78 is 30.8. The van der Waals surface area contributed by atoms with Crippen LogP contribution in [0.25, 0.3) is 0 Å². The molecule has 1 atom stereocenters. The summed E-state index contributed by atoms with van der Waals surface area (Å²) in [4.78, 5) is 11.0. The topological polar surface area (TPSA) is 71.1 Å².